The summed E-state index contributed by atoms with van der Waals surface area (Å²) >= 11 is 0. The standard InChI is InChI=1S/C17H31NO3/c1-4-20-16(19)17(18-13(2)3)10-5-6-15(12-17)21-11-9-14-7-8-14/h13-15,18H,4-12H2,1-3H3. The van der Waals surface area contributed by atoms with E-state index in [1.807, 2.05) is 6.92 Å². The summed E-state index contributed by atoms with van der Waals surface area (Å²) in [5, 5.41) is 3.47. The molecule has 0 aliphatic heterocycles. The first-order valence-corrected chi connectivity index (χ1v) is 8.62. The van der Waals surface area contributed by atoms with Crippen molar-refractivity contribution in [3.8, 4) is 0 Å². The third-order valence-electron chi connectivity index (χ3n) is 4.51. The van der Waals surface area contributed by atoms with Crippen molar-refractivity contribution in [2.75, 3.05) is 13.2 Å². The van der Waals surface area contributed by atoms with Crippen LogP contribution in [0, 0.1) is 5.92 Å². The lowest BCUT2D eigenvalue weighted by Crippen LogP contribution is -2.59. The van der Waals surface area contributed by atoms with E-state index in [-0.39, 0.29) is 18.1 Å². The Morgan fingerprint density at radius 2 is 2.10 bits per heavy atom. The van der Waals surface area contributed by atoms with E-state index in [2.05, 4.69) is 19.2 Å². The SMILES string of the molecule is CCOC(=O)C1(NC(C)C)CCCC(OCCC2CC2)C1. The number of esters is 1. The van der Waals surface area contributed by atoms with Gasteiger partial charge in [0.25, 0.3) is 0 Å². The first kappa shape index (κ1) is 16.8. The van der Waals surface area contributed by atoms with E-state index in [0.29, 0.717) is 6.61 Å². The molecular weight excluding hydrogens is 266 g/mol. The van der Waals surface area contributed by atoms with E-state index in [1.54, 1.807) is 0 Å². The fourth-order valence-electron chi connectivity index (χ4n) is 3.37. The van der Waals surface area contributed by atoms with Crippen LogP contribution in [0.15, 0.2) is 0 Å². The lowest BCUT2D eigenvalue weighted by Gasteiger charge is -2.40. The fraction of sp³-hybridized carbons (Fsp3) is 0.941. The molecule has 2 atom stereocenters. The van der Waals surface area contributed by atoms with Crippen LogP contribution >= 0.6 is 0 Å². The number of hydrogen-bond acceptors (Lipinski definition) is 4. The maximum absolute atomic E-state index is 12.5. The molecule has 0 aromatic rings. The normalized spacial score (nSPS) is 29.6. The highest BCUT2D eigenvalue weighted by Gasteiger charge is 2.44. The molecule has 1 N–H and O–H groups in total. The molecule has 0 radical (unpaired) electrons. The summed E-state index contributed by atoms with van der Waals surface area (Å²) in [5.41, 5.74) is -0.549. The maximum Gasteiger partial charge on any atom is 0.326 e. The molecule has 0 spiro atoms. The van der Waals surface area contributed by atoms with Crippen molar-refractivity contribution in [2.45, 2.75) is 83.4 Å². The predicted octanol–water partition coefficient (Wildman–Crippen LogP) is 3.05. The van der Waals surface area contributed by atoms with E-state index in [4.69, 9.17) is 9.47 Å². The van der Waals surface area contributed by atoms with Gasteiger partial charge in [-0.3, -0.25) is 10.1 Å². The van der Waals surface area contributed by atoms with E-state index in [0.717, 1.165) is 38.2 Å². The molecule has 0 aromatic carbocycles. The maximum atomic E-state index is 12.5. The van der Waals surface area contributed by atoms with E-state index < -0.39 is 5.54 Å². The minimum Gasteiger partial charge on any atom is -0.465 e. The van der Waals surface area contributed by atoms with Gasteiger partial charge in [0, 0.05) is 19.1 Å². The van der Waals surface area contributed by atoms with Gasteiger partial charge in [-0.1, -0.05) is 12.8 Å². The Hall–Kier alpha value is -0.610. The Kier molecular flexibility index (Phi) is 6.06. The zero-order valence-corrected chi connectivity index (χ0v) is 13.8. The molecule has 0 heterocycles. The number of ether oxygens (including phenoxy) is 2. The summed E-state index contributed by atoms with van der Waals surface area (Å²) in [6.07, 6.45) is 7.79. The third-order valence-corrected chi connectivity index (χ3v) is 4.51. The molecule has 2 fully saturated rings. The van der Waals surface area contributed by atoms with Crippen molar-refractivity contribution in [1.29, 1.82) is 0 Å². The minimum atomic E-state index is -0.549. The topological polar surface area (TPSA) is 47.6 Å². The van der Waals surface area contributed by atoms with Gasteiger partial charge in [-0.25, -0.2) is 0 Å². The quantitative estimate of drug-likeness (QED) is 0.700. The molecule has 0 aromatic heterocycles. The highest BCUT2D eigenvalue weighted by molar-refractivity contribution is 5.81. The van der Waals surface area contributed by atoms with Crippen molar-refractivity contribution in [3.63, 3.8) is 0 Å². The molecule has 0 bridgehead atoms. The van der Waals surface area contributed by atoms with Gasteiger partial charge in [-0.15, -0.1) is 0 Å². The molecule has 122 valence electrons. The van der Waals surface area contributed by atoms with E-state index in [9.17, 15) is 4.79 Å². The Balaban J connectivity index is 1.91. The second kappa shape index (κ2) is 7.59. The zero-order chi connectivity index (χ0) is 15.3. The van der Waals surface area contributed by atoms with Gasteiger partial charge >= 0.3 is 5.97 Å². The van der Waals surface area contributed by atoms with Gasteiger partial charge in [0.05, 0.1) is 12.7 Å². The van der Waals surface area contributed by atoms with Crippen LogP contribution in [0.25, 0.3) is 0 Å². The second-order valence-corrected chi connectivity index (χ2v) is 6.92. The van der Waals surface area contributed by atoms with Gasteiger partial charge in [0.2, 0.25) is 0 Å². The Morgan fingerprint density at radius 1 is 1.33 bits per heavy atom. The molecule has 2 rings (SSSR count). The predicted molar refractivity (Wildman–Crippen MR) is 83.2 cm³/mol. The number of carbonyl (C=O) groups is 1. The summed E-state index contributed by atoms with van der Waals surface area (Å²) in [7, 11) is 0. The Morgan fingerprint density at radius 3 is 2.71 bits per heavy atom. The number of hydrogen-bond donors (Lipinski definition) is 1. The lowest BCUT2D eigenvalue weighted by molar-refractivity contribution is -0.156. The smallest absolute Gasteiger partial charge is 0.326 e. The van der Waals surface area contributed by atoms with Crippen LogP contribution in [0.3, 0.4) is 0 Å². The summed E-state index contributed by atoms with van der Waals surface area (Å²) in [6.45, 7) is 7.31. The van der Waals surface area contributed by atoms with Crippen LogP contribution in [0.2, 0.25) is 0 Å². The van der Waals surface area contributed by atoms with Gasteiger partial charge in [0.1, 0.15) is 5.54 Å². The third kappa shape index (κ3) is 4.96. The van der Waals surface area contributed by atoms with Crippen molar-refractivity contribution >= 4 is 5.97 Å². The van der Waals surface area contributed by atoms with Crippen molar-refractivity contribution < 1.29 is 14.3 Å². The molecule has 21 heavy (non-hydrogen) atoms. The second-order valence-electron chi connectivity index (χ2n) is 6.92. The van der Waals surface area contributed by atoms with Crippen LogP contribution in [-0.4, -0.2) is 36.9 Å². The van der Waals surface area contributed by atoms with Crippen LogP contribution in [0.1, 0.15) is 65.7 Å². The van der Waals surface area contributed by atoms with Crippen molar-refractivity contribution in [2.24, 2.45) is 5.92 Å². The van der Waals surface area contributed by atoms with E-state index >= 15 is 0 Å². The Labute approximate surface area is 129 Å². The van der Waals surface area contributed by atoms with Crippen LogP contribution < -0.4 is 5.32 Å². The highest BCUT2D eigenvalue weighted by Crippen LogP contribution is 2.34. The lowest BCUT2D eigenvalue weighted by atomic mass is 9.79. The number of carbonyl (C=O) groups excluding carboxylic acids is 1. The van der Waals surface area contributed by atoms with Gasteiger partial charge < -0.3 is 9.47 Å². The molecule has 2 saturated carbocycles. The summed E-state index contributed by atoms with van der Waals surface area (Å²) in [4.78, 5) is 12.5. The molecule has 2 aliphatic rings. The molecule has 0 saturated heterocycles. The fourth-order valence-corrected chi connectivity index (χ4v) is 3.37. The summed E-state index contributed by atoms with van der Waals surface area (Å²) < 4.78 is 11.4. The van der Waals surface area contributed by atoms with Gasteiger partial charge in [-0.2, -0.15) is 0 Å². The first-order valence-electron chi connectivity index (χ1n) is 8.62. The number of nitrogens with one attached hydrogen (secondary N) is 1. The summed E-state index contributed by atoms with van der Waals surface area (Å²) in [5.74, 6) is 0.798. The number of rotatable bonds is 8. The van der Waals surface area contributed by atoms with Gasteiger partial charge in [0.15, 0.2) is 0 Å². The molecule has 4 nitrogen and oxygen atoms in total. The van der Waals surface area contributed by atoms with Crippen LogP contribution in [0.5, 0.6) is 0 Å². The van der Waals surface area contributed by atoms with Crippen LogP contribution in [-0.2, 0) is 14.3 Å². The molecular formula is C17H31NO3. The first-order chi connectivity index (χ1) is 10.1. The van der Waals surface area contributed by atoms with Gasteiger partial charge in [-0.05, 0) is 52.4 Å². The minimum absolute atomic E-state index is 0.103. The Bertz CT molecular complexity index is 341. The van der Waals surface area contributed by atoms with Crippen LogP contribution in [0.4, 0.5) is 0 Å². The highest BCUT2D eigenvalue weighted by atomic mass is 16.5. The van der Waals surface area contributed by atoms with Crippen molar-refractivity contribution in [1.82, 2.24) is 5.32 Å². The molecule has 4 heteroatoms. The molecule has 2 aliphatic carbocycles. The van der Waals surface area contributed by atoms with Crippen molar-refractivity contribution in [3.05, 3.63) is 0 Å². The monoisotopic (exact) mass is 297 g/mol. The zero-order valence-electron chi connectivity index (χ0n) is 13.8. The average Bonchev–Trinajstić information content (AvgIpc) is 3.23. The largest absolute Gasteiger partial charge is 0.465 e. The molecule has 2 unspecified atom stereocenters. The van der Waals surface area contributed by atoms with E-state index in [1.165, 1.54) is 19.3 Å². The summed E-state index contributed by atoms with van der Waals surface area (Å²) in [6, 6.07) is 0.264. The molecule has 0 amide bonds. The average molecular weight is 297 g/mol.